The van der Waals surface area contributed by atoms with Crippen molar-refractivity contribution in [1.82, 2.24) is 4.83 Å². The summed E-state index contributed by atoms with van der Waals surface area (Å²) < 4.78 is 24.8. The van der Waals surface area contributed by atoms with Crippen LogP contribution in [0.25, 0.3) is 0 Å². The second kappa shape index (κ2) is 7.89. The van der Waals surface area contributed by atoms with E-state index in [1.807, 2.05) is 13.8 Å². The number of phenolic OH excluding ortho intramolecular Hbond substituents is 1. The van der Waals surface area contributed by atoms with Crippen molar-refractivity contribution in [3.8, 4) is 5.75 Å². The van der Waals surface area contributed by atoms with Crippen molar-refractivity contribution in [1.29, 1.82) is 0 Å². The molecular formula is C18H21ClN2O3S. The first-order valence-electron chi connectivity index (χ1n) is 7.89. The fourth-order valence-corrected chi connectivity index (χ4v) is 3.26. The maximum Gasteiger partial charge on any atom is 0.276 e. The Balaban J connectivity index is 2.37. The zero-order valence-electron chi connectivity index (χ0n) is 14.4. The summed E-state index contributed by atoms with van der Waals surface area (Å²) in [4.78, 5) is 2.37. The second-order valence-electron chi connectivity index (χ2n) is 5.83. The molecule has 2 aromatic rings. The standard InChI is InChI=1S/C18H21ClN2O3S/c1-4-5-17(15-11-16(19)13(3)10-18(15)22)20-21-25(23,24)14-8-6-12(2)7-9-14/h6-11,21-22H,4-5H2,1-3H3. The predicted octanol–water partition coefficient (Wildman–Crippen LogP) is 4.15. The van der Waals surface area contributed by atoms with Gasteiger partial charge in [0.2, 0.25) is 0 Å². The summed E-state index contributed by atoms with van der Waals surface area (Å²) in [6, 6.07) is 9.62. The van der Waals surface area contributed by atoms with Crippen molar-refractivity contribution in [2.45, 2.75) is 38.5 Å². The van der Waals surface area contributed by atoms with E-state index in [0.717, 1.165) is 17.5 Å². The van der Waals surface area contributed by atoms with Crippen LogP contribution in [-0.4, -0.2) is 19.2 Å². The number of hydrogen-bond donors (Lipinski definition) is 2. The van der Waals surface area contributed by atoms with Gasteiger partial charge in [-0.15, -0.1) is 0 Å². The molecule has 0 unspecified atom stereocenters. The number of nitrogens with one attached hydrogen (secondary N) is 1. The van der Waals surface area contributed by atoms with Gasteiger partial charge in [0.15, 0.2) is 0 Å². The molecule has 0 atom stereocenters. The SMILES string of the molecule is CCCC(=NNS(=O)(=O)c1ccc(C)cc1)c1cc(Cl)c(C)cc1O. The fourth-order valence-electron chi connectivity index (χ4n) is 2.27. The molecule has 5 nitrogen and oxygen atoms in total. The summed E-state index contributed by atoms with van der Waals surface area (Å²) in [5.41, 5.74) is 2.55. The highest BCUT2D eigenvalue weighted by Crippen LogP contribution is 2.27. The molecular weight excluding hydrogens is 360 g/mol. The quantitative estimate of drug-likeness (QED) is 0.583. The van der Waals surface area contributed by atoms with Crippen LogP contribution in [0.2, 0.25) is 5.02 Å². The Morgan fingerprint density at radius 1 is 1.20 bits per heavy atom. The van der Waals surface area contributed by atoms with Crippen LogP contribution in [-0.2, 0) is 10.0 Å². The molecule has 0 aliphatic rings. The van der Waals surface area contributed by atoms with Crippen LogP contribution in [0.15, 0.2) is 46.4 Å². The third-order valence-electron chi connectivity index (χ3n) is 3.71. The van der Waals surface area contributed by atoms with Gasteiger partial charge in [0.05, 0.1) is 10.6 Å². The molecule has 0 fully saturated rings. The van der Waals surface area contributed by atoms with Crippen LogP contribution in [0.5, 0.6) is 5.75 Å². The first-order chi connectivity index (χ1) is 11.7. The lowest BCUT2D eigenvalue weighted by atomic mass is 10.0. The van der Waals surface area contributed by atoms with Gasteiger partial charge in [0.25, 0.3) is 10.0 Å². The normalized spacial score (nSPS) is 12.2. The molecule has 0 radical (unpaired) electrons. The summed E-state index contributed by atoms with van der Waals surface area (Å²) in [7, 11) is -3.78. The molecule has 0 saturated carbocycles. The Labute approximate surface area is 153 Å². The van der Waals surface area contributed by atoms with Gasteiger partial charge in [-0.2, -0.15) is 18.4 Å². The maximum atomic E-state index is 12.4. The number of aryl methyl sites for hydroxylation is 2. The van der Waals surface area contributed by atoms with E-state index in [-0.39, 0.29) is 10.6 Å². The van der Waals surface area contributed by atoms with Crippen LogP contribution in [0.3, 0.4) is 0 Å². The monoisotopic (exact) mass is 380 g/mol. The van der Waals surface area contributed by atoms with E-state index in [9.17, 15) is 13.5 Å². The van der Waals surface area contributed by atoms with E-state index in [4.69, 9.17) is 11.6 Å². The molecule has 25 heavy (non-hydrogen) atoms. The number of sulfonamides is 1. The van der Waals surface area contributed by atoms with Gasteiger partial charge in [-0.1, -0.05) is 42.6 Å². The Morgan fingerprint density at radius 2 is 1.84 bits per heavy atom. The van der Waals surface area contributed by atoms with Gasteiger partial charge in [0, 0.05) is 10.6 Å². The second-order valence-corrected chi connectivity index (χ2v) is 7.90. The average molecular weight is 381 g/mol. The number of aromatic hydroxyl groups is 1. The van der Waals surface area contributed by atoms with Gasteiger partial charge in [-0.25, -0.2) is 0 Å². The van der Waals surface area contributed by atoms with Gasteiger partial charge in [-0.3, -0.25) is 0 Å². The molecule has 0 amide bonds. The predicted molar refractivity (Wildman–Crippen MR) is 101 cm³/mol. The molecule has 2 N–H and O–H groups in total. The largest absolute Gasteiger partial charge is 0.507 e. The van der Waals surface area contributed by atoms with E-state index < -0.39 is 10.0 Å². The summed E-state index contributed by atoms with van der Waals surface area (Å²) in [6.45, 7) is 5.60. The molecule has 0 saturated heterocycles. The van der Waals surface area contributed by atoms with E-state index in [2.05, 4.69) is 9.93 Å². The van der Waals surface area contributed by atoms with Crippen molar-refractivity contribution >= 4 is 27.3 Å². The summed E-state index contributed by atoms with van der Waals surface area (Å²) in [5.74, 6) is 0.0173. The van der Waals surface area contributed by atoms with Crippen molar-refractivity contribution in [3.63, 3.8) is 0 Å². The number of benzene rings is 2. The fraction of sp³-hybridized carbons (Fsp3) is 0.278. The van der Waals surface area contributed by atoms with Crippen molar-refractivity contribution in [2.75, 3.05) is 0 Å². The Bertz CT molecular complexity index is 891. The number of nitrogens with zero attached hydrogens (tertiary/aromatic N) is 1. The van der Waals surface area contributed by atoms with Crippen molar-refractivity contribution < 1.29 is 13.5 Å². The van der Waals surface area contributed by atoms with Crippen LogP contribution < -0.4 is 4.83 Å². The molecule has 0 heterocycles. The lowest BCUT2D eigenvalue weighted by Gasteiger charge is -2.11. The van der Waals surface area contributed by atoms with E-state index in [1.54, 1.807) is 25.1 Å². The highest BCUT2D eigenvalue weighted by Gasteiger charge is 2.15. The molecule has 2 aromatic carbocycles. The Kier molecular flexibility index (Phi) is 6.08. The van der Waals surface area contributed by atoms with Gasteiger partial charge in [-0.05, 0) is 50.1 Å². The van der Waals surface area contributed by atoms with E-state index in [0.29, 0.717) is 22.7 Å². The summed E-state index contributed by atoms with van der Waals surface area (Å²) >= 11 is 6.13. The first kappa shape index (κ1) is 19.3. The van der Waals surface area contributed by atoms with Crippen LogP contribution in [0, 0.1) is 13.8 Å². The number of rotatable bonds is 6. The minimum Gasteiger partial charge on any atom is -0.507 e. The number of phenols is 1. The van der Waals surface area contributed by atoms with Crippen LogP contribution in [0.4, 0.5) is 0 Å². The van der Waals surface area contributed by atoms with Crippen LogP contribution >= 0.6 is 11.6 Å². The van der Waals surface area contributed by atoms with Crippen molar-refractivity contribution in [3.05, 3.63) is 58.1 Å². The van der Waals surface area contributed by atoms with Gasteiger partial charge >= 0.3 is 0 Å². The number of hydrogen-bond acceptors (Lipinski definition) is 4. The number of halogens is 1. The highest BCUT2D eigenvalue weighted by molar-refractivity contribution is 7.89. The van der Waals surface area contributed by atoms with E-state index in [1.165, 1.54) is 18.2 Å². The van der Waals surface area contributed by atoms with Crippen molar-refractivity contribution in [2.24, 2.45) is 5.10 Å². The minimum absolute atomic E-state index is 0.0173. The molecule has 0 spiro atoms. The topological polar surface area (TPSA) is 78.8 Å². The smallest absolute Gasteiger partial charge is 0.276 e. The molecule has 134 valence electrons. The molecule has 0 aliphatic heterocycles. The summed E-state index contributed by atoms with van der Waals surface area (Å²) in [6.07, 6.45) is 1.22. The lowest BCUT2D eigenvalue weighted by Crippen LogP contribution is -2.20. The molecule has 0 aliphatic carbocycles. The third kappa shape index (κ3) is 4.74. The molecule has 0 bridgehead atoms. The minimum atomic E-state index is -3.78. The zero-order valence-corrected chi connectivity index (χ0v) is 15.9. The Morgan fingerprint density at radius 3 is 2.44 bits per heavy atom. The average Bonchev–Trinajstić information content (AvgIpc) is 2.55. The maximum absolute atomic E-state index is 12.4. The lowest BCUT2D eigenvalue weighted by molar-refractivity contribution is 0.473. The first-order valence-corrected chi connectivity index (χ1v) is 9.75. The molecule has 0 aromatic heterocycles. The zero-order chi connectivity index (χ0) is 18.6. The number of hydrazone groups is 1. The third-order valence-corrected chi connectivity index (χ3v) is 5.34. The molecule has 2 rings (SSSR count). The highest BCUT2D eigenvalue weighted by atomic mass is 35.5. The van der Waals surface area contributed by atoms with Gasteiger partial charge < -0.3 is 5.11 Å². The van der Waals surface area contributed by atoms with Gasteiger partial charge in [0.1, 0.15) is 5.75 Å². The Hall–Kier alpha value is -2.05. The van der Waals surface area contributed by atoms with Crippen LogP contribution in [0.1, 0.15) is 36.5 Å². The molecule has 7 heteroatoms. The summed E-state index contributed by atoms with van der Waals surface area (Å²) in [5, 5.41) is 14.7. The van der Waals surface area contributed by atoms with E-state index >= 15 is 0 Å².